The number of fused-ring (bicyclic) bond motifs is 1. The maximum atomic E-state index is 11.1. The van der Waals surface area contributed by atoms with Gasteiger partial charge < -0.3 is 5.11 Å². The maximum absolute atomic E-state index is 11.1. The molecule has 3 rings (SSSR count). The lowest BCUT2D eigenvalue weighted by molar-refractivity contribution is 0.0699. The number of rotatable bonds is 2. The molecule has 0 amide bonds. The predicted molar refractivity (Wildman–Crippen MR) is 75.4 cm³/mol. The van der Waals surface area contributed by atoms with Crippen molar-refractivity contribution >= 4 is 34.8 Å². The zero-order chi connectivity index (χ0) is 14.3. The SMILES string of the molecule is O=C(O)c1cnn2c(Cl)c(-c3ccccc3)c(Cl)nc12. The van der Waals surface area contributed by atoms with Gasteiger partial charge in [0, 0.05) is 0 Å². The molecule has 0 saturated heterocycles. The van der Waals surface area contributed by atoms with Gasteiger partial charge in [-0.3, -0.25) is 0 Å². The summed E-state index contributed by atoms with van der Waals surface area (Å²) < 4.78 is 1.26. The summed E-state index contributed by atoms with van der Waals surface area (Å²) in [6, 6.07) is 9.23. The number of aromatic carboxylic acids is 1. The van der Waals surface area contributed by atoms with Gasteiger partial charge in [-0.15, -0.1) is 0 Å². The fourth-order valence-electron chi connectivity index (χ4n) is 1.93. The molecule has 0 aliphatic heterocycles. The lowest BCUT2D eigenvalue weighted by atomic mass is 10.1. The summed E-state index contributed by atoms with van der Waals surface area (Å²) in [5, 5.41) is 13.4. The van der Waals surface area contributed by atoms with Gasteiger partial charge in [-0.05, 0) is 5.56 Å². The summed E-state index contributed by atoms with van der Waals surface area (Å²) in [5.41, 5.74) is 1.37. The summed E-state index contributed by atoms with van der Waals surface area (Å²) in [6.07, 6.45) is 1.20. The largest absolute Gasteiger partial charge is 0.477 e. The number of halogens is 2. The van der Waals surface area contributed by atoms with Crippen molar-refractivity contribution in [1.29, 1.82) is 0 Å². The molecule has 100 valence electrons. The molecule has 0 aliphatic carbocycles. The van der Waals surface area contributed by atoms with Crippen molar-refractivity contribution in [2.45, 2.75) is 0 Å². The Kier molecular flexibility index (Phi) is 3.08. The van der Waals surface area contributed by atoms with E-state index in [1.807, 2.05) is 30.3 Å². The lowest BCUT2D eigenvalue weighted by Crippen LogP contribution is -2.01. The Bertz CT molecular complexity index is 815. The second-order valence-electron chi connectivity index (χ2n) is 4.03. The first-order valence-corrected chi connectivity index (χ1v) is 6.36. The van der Waals surface area contributed by atoms with Crippen molar-refractivity contribution in [3.05, 3.63) is 52.4 Å². The highest BCUT2D eigenvalue weighted by molar-refractivity contribution is 6.38. The fourth-order valence-corrected chi connectivity index (χ4v) is 2.58. The summed E-state index contributed by atoms with van der Waals surface area (Å²) in [6.45, 7) is 0. The van der Waals surface area contributed by atoms with Crippen LogP contribution in [0.15, 0.2) is 36.5 Å². The zero-order valence-corrected chi connectivity index (χ0v) is 11.4. The van der Waals surface area contributed by atoms with Gasteiger partial charge in [0.05, 0.1) is 11.8 Å². The van der Waals surface area contributed by atoms with E-state index >= 15 is 0 Å². The van der Waals surface area contributed by atoms with Gasteiger partial charge in [-0.25, -0.2) is 14.3 Å². The van der Waals surface area contributed by atoms with E-state index in [1.54, 1.807) is 0 Å². The van der Waals surface area contributed by atoms with E-state index in [-0.39, 0.29) is 21.5 Å². The van der Waals surface area contributed by atoms with E-state index in [1.165, 1.54) is 10.7 Å². The Labute approximate surface area is 123 Å². The number of hydrogen-bond donors (Lipinski definition) is 1. The molecule has 0 radical (unpaired) electrons. The Balaban J connectivity index is 2.34. The van der Waals surface area contributed by atoms with Crippen LogP contribution in [0, 0.1) is 0 Å². The molecule has 7 heteroatoms. The smallest absolute Gasteiger partial charge is 0.341 e. The molecule has 5 nitrogen and oxygen atoms in total. The van der Waals surface area contributed by atoms with Gasteiger partial charge in [0.2, 0.25) is 0 Å². The van der Waals surface area contributed by atoms with Gasteiger partial charge in [0.15, 0.2) is 5.65 Å². The van der Waals surface area contributed by atoms with E-state index in [9.17, 15) is 4.79 Å². The second-order valence-corrected chi connectivity index (χ2v) is 4.75. The van der Waals surface area contributed by atoms with Crippen molar-refractivity contribution in [2.75, 3.05) is 0 Å². The second kappa shape index (κ2) is 4.77. The molecule has 3 aromatic rings. The van der Waals surface area contributed by atoms with Crippen LogP contribution in [0.3, 0.4) is 0 Å². The molecule has 0 fully saturated rings. The van der Waals surface area contributed by atoms with E-state index < -0.39 is 5.97 Å². The minimum absolute atomic E-state index is 0.0478. The van der Waals surface area contributed by atoms with Gasteiger partial charge >= 0.3 is 5.97 Å². The topological polar surface area (TPSA) is 67.5 Å². The van der Waals surface area contributed by atoms with Crippen molar-refractivity contribution in [3.63, 3.8) is 0 Å². The molecule has 0 atom stereocenters. The third-order valence-electron chi connectivity index (χ3n) is 2.84. The van der Waals surface area contributed by atoms with Crippen LogP contribution in [-0.2, 0) is 0 Å². The number of carbonyl (C=O) groups is 1. The average molecular weight is 308 g/mol. The van der Waals surface area contributed by atoms with Crippen LogP contribution in [0.1, 0.15) is 10.4 Å². The number of hydrogen-bond acceptors (Lipinski definition) is 3. The molecule has 1 N–H and O–H groups in total. The maximum Gasteiger partial charge on any atom is 0.341 e. The first kappa shape index (κ1) is 12.9. The highest BCUT2D eigenvalue weighted by Crippen LogP contribution is 2.34. The number of carboxylic acids is 1. The molecule has 0 aliphatic rings. The van der Waals surface area contributed by atoms with E-state index in [4.69, 9.17) is 28.3 Å². The average Bonchev–Trinajstić information content (AvgIpc) is 2.84. The van der Waals surface area contributed by atoms with Crippen LogP contribution in [0.25, 0.3) is 16.8 Å². The van der Waals surface area contributed by atoms with Crippen LogP contribution in [-0.4, -0.2) is 25.7 Å². The minimum Gasteiger partial charge on any atom is -0.477 e. The highest BCUT2D eigenvalue weighted by Gasteiger charge is 2.20. The Morgan fingerprint density at radius 2 is 1.90 bits per heavy atom. The van der Waals surface area contributed by atoms with Crippen LogP contribution in [0.4, 0.5) is 0 Å². The number of carboxylic acid groups (broad SMARTS) is 1. The standard InChI is InChI=1S/C13H7Cl2N3O2/c14-10-9(7-4-2-1-3-5-7)11(15)18-12(17-10)8(6-16-18)13(19)20/h1-6H,(H,19,20). The van der Waals surface area contributed by atoms with Gasteiger partial charge in [-0.2, -0.15) is 5.10 Å². The molecular formula is C13H7Cl2N3O2. The summed E-state index contributed by atoms with van der Waals surface area (Å²) in [5.74, 6) is -1.13. The van der Waals surface area contributed by atoms with E-state index in [2.05, 4.69) is 10.1 Å². The first-order chi connectivity index (χ1) is 9.59. The number of benzene rings is 1. The fraction of sp³-hybridized carbons (Fsp3) is 0. The minimum atomic E-state index is -1.13. The van der Waals surface area contributed by atoms with Crippen LogP contribution < -0.4 is 0 Å². The molecule has 1 aromatic carbocycles. The quantitative estimate of drug-likeness (QED) is 0.737. The van der Waals surface area contributed by atoms with E-state index in [0.717, 1.165) is 5.56 Å². The van der Waals surface area contributed by atoms with Crippen molar-refractivity contribution in [2.24, 2.45) is 0 Å². The molecule has 0 saturated carbocycles. The number of aromatic nitrogens is 3. The number of nitrogens with zero attached hydrogens (tertiary/aromatic N) is 3. The Hall–Kier alpha value is -2.11. The monoisotopic (exact) mass is 307 g/mol. The van der Waals surface area contributed by atoms with Crippen molar-refractivity contribution < 1.29 is 9.90 Å². The molecule has 20 heavy (non-hydrogen) atoms. The third kappa shape index (κ3) is 1.92. The van der Waals surface area contributed by atoms with Gasteiger partial charge in [0.25, 0.3) is 0 Å². The molecule has 2 aromatic heterocycles. The third-order valence-corrected chi connectivity index (χ3v) is 3.46. The summed E-state index contributed by atoms with van der Waals surface area (Å²) in [7, 11) is 0. The normalized spacial score (nSPS) is 10.9. The summed E-state index contributed by atoms with van der Waals surface area (Å²) in [4.78, 5) is 15.2. The molecule has 0 spiro atoms. The Morgan fingerprint density at radius 1 is 1.20 bits per heavy atom. The molecule has 2 heterocycles. The summed E-state index contributed by atoms with van der Waals surface area (Å²) >= 11 is 12.4. The van der Waals surface area contributed by atoms with Crippen LogP contribution in [0.5, 0.6) is 0 Å². The first-order valence-electron chi connectivity index (χ1n) is 5.61. The lowest BCUT2D eigenvalue weighted by Gasteiger charge is -2.08. The highest BCUT2D eigenvalue weighted by atomic mass is 35.5. The Morgan fingerprint density at radius 3 is 2.55 bits per heavy atom. The van der Waals surface area contributed by atoms with Crippen molar-refractivity contribution in [3.8, 4) is 11.1 Å². The van der Waals surface area contributed by atoms with Crippen LogP contribution in [0.2, 0.25) is 10.3 Å². The van der Waals surface area contributed by atoms with E-state index in [0.29, 0.717) is 5.56 Å². The molecule has 0 unspecified atom stereocenters. The van der Waals surface area contributed by atoms with Gasteiger partial charge in [-0.1, -0.05) is 53.5 Å². The molecule has 0 bridgehead atoms. The molecular weight excluding hydrogens is 301 g/mol. The van der Waals surface area contributed by atoms with Crippen molar-refractivity contribution in [1.82, 2.24) is 14.6 Å². The zero-order valence-electron chi connectivity index (χ0n) is 9.92. The van der Waals surface area contributed by atoms with Gasteiger partial charge in [0.1, 0.15) is 15.9 Å². The predicted octanol–water partition coefficient (Wildman–Crippen LogP) is 3.40. The van der Waals surface area contributed by atoms with Crippen LogP contribution >= 0.6 is 23.2 Å².